The van der Waals surface area contributed by atoms with E-state index in [-0.39, 0.29) is 7.43 Å². The van der Waals surface area contributed by atoms with Gasteiger partial charge in [-0.15, -0.1) is 0 Å². The van der Waals surface area contributed by atoms with Gasteiger partial charge in [0, 0.05) is 35.9 Å². The molecule has 2 heterocycles. The number of rotatable bonds is 9. The Kier molecular flexibility index (Phi) is 8.18. The summed E-state index contributed by atoms with van der Waals surface area (Å²) in [6.07, 6.45) is 8.84. The third kappa shape index (κ3) is 5.78. The van der Waals surface area contributed by atoms with Crippen molar-refractivity contribution in [3.63, 3.8) is 0 Å². The Bertz CT molecular complexity index is 1030. The molecule has 0 radical (unpaired) electrons. The van der Waals surface area contributed by atoms with Gasteiger partial charge in [0.05, 0.1) is 0 Å². The maximum absolute atomic E-state index is 4.43. The first-order chi connectivity index (χ1) is 14.3. The molecule has 2 aromatic heterocycles. The number of aryl methyl sites for hydroxylation is 1. The first kappa shape index (κ1) is 22.2. The summed E-state index contributed by atoms with van der Waals surface area (Å²) in [5.41, 5.74) is 5.25. The van der Waals surface area contributed by atoms with Crippen LogP contribution in [0.25, 0.3) is 21.9 Å². The van der Waals surface area contributed by atoms with Crippen molar-refractivity contribution >= 4 is 22.1 Å². The Hall–Kier alpha value is -2.49. The van der Waals surface area contributed by atoms with Crippen molar-refractivity contribution < 1.29 is 0 Å². The smallest absolute Gasteiger partial charge is 0.0353 e. The van der Waals surface area contributed by atoms with Crippen molar-refractivity contribution in [2.75, 3.05) is 0 Å². The summed E-state index contributed by atoms with van der Waals surface area (Å²) in [4.78, 5) is 4.43. The maximum Gasteiger partial charge on any atom is 0.0353 e. The van der Waals surface area contributed by atoms with E-state index in [4.69, 9.17) is 0 Å². The highest BCUT2D eigenvalue weighted by Crippen LogP contribution is 2.29. The van der Waals surface area contributed by atoms with Crippen LogP contribution in [0, 0.1) is 0 Å². The van der Waals surface area contributed by atoms with Gasteiger partial charge >= 0.3 is 0 Å². The number of hydrogen-bond acceptors (Lipinski definition) is 3. The molecule has 1 N–H and O–H groups in total. The Balaban J connectivity index is 0.00000256. The molecule has 0 amide bonds. The summed E-state index contributed by atoms with van der Waals surface area (Å²) < 4.78 is 0. The first-order valence-electron chi connectivity index (χ1n) is 10.5. The normalized spacial score (nSPS) is 11.9. The minimum atomic E-state index is 0. The summed E-state index contributed by atoms with van der Waals surface area (Å²) in [6, 6.07) is 20.2. The fourth-order valence-corrected chi connectivity index (χ4v) is 4.44. The van der Waals surface area contributed by atoms with E-state index in [1.54, 1.807) is 11.3 Å². The van der Waals surface area contributed by atoms with Crippen LogP contribution in [-0.2, 0) is 13.0 Å². The van der Waals surface area contributed by atoms with Crippen LogP contribution in [0.1, 0.15) is 44.7 Å². The Morgan fingerprint density at radius 2 is 1.83 bits per heavy atom. The number of nitrogens with one attached hydrogen (secondary N) is 1. The lowest BCUT2D eigenvalue weighted by molar-refractivity contribution is 0.489. The number of hydrogen-bond donors (Lipinski definition) is 1. The summed E-state index contributed by atoms with van der Waals surface area (Å²) in [7, 11) is 0. The number of nitrogens with zero attached hydrogens (tertiary/aromatic N) is 1. The number of thiophene rings is 1. The molecular weight excluding hydrogens is 384 g/mol. The Morgan fingerprint density at radius 1 is 0.967 bits per heavy atom. The lowest BCUT2D eigenvalue weighted by Gasteiger charge is -2.14. The van der Waals surface area contributed by atoms with E-state index in [0.29, 0.717) is 6.04 Å². The van der Waals surface area contributed by atoms with Crippen LogP contribution in [-0.4, -0.2) is 11.0 Å². The SMILES string of the molecule is C.C[C@H](CCCCc1ccccc1)NCc1ccc2cncc(-c3ccsc3)c2c1. The molecule has 0 unspecified atom stereocenters. The van der Waals surface area contributed by atoms with Crippen molar-refractivity contribution in [2.45, 2.75) is 52.6 Å². The number of pyridine rings is 1. The molecule has 4 aromatic rings. The van der Waals surface area contributed by atoms with E-state index in [9.17, 15) is 0 Å². The molecule has 0 bridgehead atoms. The molecule has 4 rings (SSSR count). The minimum absolute atomic E-state index is 0. The van der Waals surface area contributed by atoms with Crippen molar-refractivity contribution in [3.05, 3.63) is 88.9 Å². The standard InChI is InChI=1S/C26H28N2S.CH4/c1-20(7-5-6-10-21-8-3-2-4-9-21)28-16-22-11-12-23-17-27-18-26(25(23)15-22)24-13-14-29-19-24;/h2-4,8-9,11-15,17-20,28H,5-7,10,16H2,1H3;1H4/t20-;/m1./s1. The summed E-state index contributed by atoms with van der Waals surface area (Å²) >= 11 is 1.73. The van der Waals surface area contributed by atoms with Crippen LogP contribution in [0.4, 0.5) is 0 Å². The van der Waals surface area contributed by atoms with Gasteiger partial charge in [0.15, 0.2) is 0 Å². The van der Waals surface area contributed by atoms with Crippen LogP contribution >= 0.6 is 11.3 Å². The molecule has 0 spiro atoms. The second-order valence-corrected chi connectivity index (χ2v) is 8.55. The number of aromatic nitrogens is 1. The van der Waals surface area contributed by atoms with Gasteiger partial charge in [-0.1, -0.05) is 56.3 Å². The van der Waals surface area contributed by atoms with E-state index < -0.39 is 0 Å². The van der Waals surface area contributed by atoms with E-state index in [2.05, 4.69) is 82.6 Å². The predicted octanol–water partition coefficient (Wildman–Crippen LogP) is 7.49. The van der Waals surface area contributed by atoms with Gasteiger partial charge in [-0.3, -0.25) is 4.98 Å². The second-order valence-electron chi connectivity index (χ2n) is 7.77. The molecule has 30 heavy (non-hydrogen) atoms. The third-order valence-electron chi connectivity index (χ3n) is 5.51. The lowest BCUT2D eigenvalue weighted by atomic mass is 10.0. The van der Waals surface area contributed by atoms with Gasteiger partial charge in [-0.25, -0.2) is 0 Å². The summed E-state index contributed by atoms with van der Waals surface area (Å²) in [5, 5.41) is 10.5. The van der Waals surface area contributed by atoms with Crippen molar-refractivity contribution in [1.29, 1.82) is 0 Å². The van der Waals surface area contributed by atoms with Gasteiger partial charge in [-0.05, 0) is 71.2 Å². The first-order valence-corrected chi connectivity index (χ1v) is 11.4. The van der Waals surface area contributed by atoms with Gasteiger partial charge in [-0.2, -0.15) is 11.3 Å². The number of unbranched alkanes of at least 4 members (excludes halogenated alkanes) is 1. The molecule has 0 fully saturated rings. The quantitative estimate of drug-likeness (QED) is 0.286. The van der Waals surface area contributed by atoms with E-state index in [1.807, 2.05) is 12.4 Å². The monoisotopic (exact) mass is 416 g/mol. The van der Waals surface area contributed by atoms with Gasteiger partial charge < -0.3 is 5.32 Å². The third-order valence-corrected chi connectivity index (χ3v) is 6.19. The highest BCUT2D eigenvalue weighted by Gasteiger charge is 2.07. The zero-order valence-electron chi connectivity index (χ0n) is 17.0. The van der Waals surface area contributed by atoms with Gasteiger partial charge in [0.1, 0.15) is 0 Å². The van der Waals surface area contributed by atoms with Crippen LogP contribution < -0.4 is 5.32 Å². The zero-order chi connectivity index (χ0) is 19.9. The molecule has 3 heteroatoms. The molecule has 0 saturated heterocycles. The molecule has 0 aliphatic heterocycles. The van der Waals surface area contributed by atoms with Gasteiger partial charge in [0.2, 0.25) is 0 Å². The summed E-state index contributed by atoms with van der Waals surface area (Å²) in [6.45, 7) is 3.20. The topological polar surface area (TPSA) is 24.9 Å². The van der Waals surface area contributed by atoms with Crippen molar-refractivity contribution in [1.82, 2.24) is 10.3 Å². The average molecular weight is 417 g/mol. The molecule has 2 nitrogen and oxygen atoms in total. The largest absolute Gasteiger partial charge is 0.310 e. The summed E-state index contributed by atoms with van der Waals surface area (Å²) in [5.74, 6) is 0. The van der Waals surface area contributed by atoms with Crippen molar-refractivity contribution in [2.24, 2.45) is 0 Å². The van der Waals surface area contributed by atoms with Crippen molar-refractivity contribution in [3.8, 4) is 11.1 Å². The highest BCUT2D eigenvalue weighted by atomic mass is 32.1. The highest BCUT2D eigenvalue weighted by molar-refractivity contribution is 7.08. The fraction of sp³-hybridized carbons (Fsp3) is 0.296. The van der Waals surface area contributed by atoms with E-state index >= 15 is 0 Å². The Morgan fingerprint density at radius 3 is 2.63 bits per heavy atom. The number of fused-ring (bicyclic) bond motifs is 1. The average Bonchev–Trinajstić information content (AvgIpc) is 3.30. The van der Waals surface area contributed by atoms with Crippen LogP contribution in [0.3, 0.4) is 0 Å². The molecule has 2 aromatic carbocycles. The van der Waals surface area contributed by atoms with E-state index in [0.717, 1.165) is 6.54 Å². The van der Waals surface area contributed by atoms with Crippen LogP contribution in [0.5, 0.6) is 0 Å². The van der Waals surface area contributed by atoms with Crippen LogP contribution in [0.15, 0.2) is 77.8 Å². The lowest BCUT2D eigenvalue weighted by Crippen LogP contribution is -2.25. The molecule has 0 aliphatic rings. The molecule has 1 atom stereocenters. The molecule has 0 saturated carbocycles. The zero-order valence-corrected chi connectivity index (χ0v) is 17.8. The second kappa shape index (κ2) is 11.1. The number of benzene rings is 2. The molecular formula is C27H32N2S. The van der Waals surface area contributed by atoms with Gasteiger partial charge in [0.25, 0.3) is 0 Å². The van der Waals surface area contributed by atoms with Crippen LogP contribution in [0.2, 0.25) is 0 Å². The maximum atomic E-state index is 4.43. The molecule has 0 aliphatic carbocycles. The molecule has 156 valence electrons. The Labute approximate surface area is 185 Å². The fourth-order valence-electron chi connectivity index (χ4n) is 3.79. The minimum Gasteiger partial charge on any atom is -0.310 e. The predicted molar refractivity (Wildman–Crippen MR) is 132 cm³/mol. The van der Waals surface area contributed by atoms with E-state index in [1.165, 1.54) is 58.7 Å².